The van der Waals surface area contributed by atoms with E-state index in [0.717, 1.165) is 16.7 Å². The number of ether oxygens (including phenoxy) is 1. The highest BCUT2D eigenvalue weighted by atomic mass is 16.5. The van der Waals surface area contributed by atoms with Crippen molar-refractivity contribution < 1.29 is 9.53 Å². The lowest BCUT2D eigenvalue weighted by atomic mass is 9.75. The predicted octanol–water partition coefficient (Wildman–Crippen LogP) is 2.28. The van der Waals surface area contributed by atoms with Gasteiger partial charge in [0.1, 0.15) is 11.2 Å². The van der Waals surface area contributed by atoms with Gasteiger partial charge in [0.2, 0.25) is 0 Å². The molecule has 2 heteroatoms. The standard InChI is InChI=1S/C14H8O2/c15-13-14(9-1-2-10(14)4-3-9)11-5-7-12(16-13)8-6-11/h1-8H. The second-order valence-corrected chi connectivity index (χ2v) is 4.24. The molecule has 0 atom stereocenters. The molecule has 2 heterocycles. The molecule has 16 heavy (non-hydrogen) atoms. The van der Waals surface area contributed by atoms with E-state index >= 15 is 0 Å². The molecular formula is C14H8O2. The maximum Gasteiger partial charge on any atom is 0.331 e. The summed E-state index contributed by atoms with van der Waals surface area (Å²) in [5.74, 6) is 0.436. The third-order valence-electron chi connectivity index (χ3n) is 3.55. The number of allylic oxidation sites excluding steroid dienone is 4. The van der Waals surface area contributed by atoms with E-state index in [0.29, 0.717) is 5.75 Å². The highest BCUT2D eigenvalue weighted by molar-refractivity contribution is 5.99. The van der Waals surface area contributed by atoms with Crippen LogP contribution in [0.15, 0.2) is 59.7 Å². The van der Waals surface area contributed by atoms with Crippen molar-refractivity contribution >= 4 is 5.97 Å². The number of hydrogen-bond donors (Lipinski definition) is 0. The van der Waals surface area contributed by atoms with E-state index in [9.17, 15) is 4.79 Å². The number of carbonyl (C=O) groups is 1. The summed E-state index contributed by atoms with van der Waals surface area (Å²) < 4.78 is 5.38. The topological polar surface area (TPSA) is 26.3 Å². The van der Waals surface area contributed by atoms with E-state index in [2.05, 4.69) is 0 Å². The van der Waals surface area contributed by atoms with Crippen molar-refractivity contribution in [1.82, 2.24) is 0 Å². The van der Waals surface area contributed by atoms with Crippen molar-refractivity contribution in [3.8, 4) is 5.75 Å². The molecule has 0 amide bonds. The van der Waals surface area contributed by atoms with Crippen LogP contribution in [0.5, 0.6) is 5.75 Å². The predicted molar refractivity (Wildman–Crippen MR) is 59.1 cm³/mol. The second kappa shape index (κ2) is 2.35. The number of esters is 1. The maximum absolute atomic E-state index is 12.3. The highest BCUT2D eigenvalue weighted by Crippen LogP contribution is 2.51. The van der Waals surface area contributed by atoms with Crippen molar-refractivity contribution in [1.29, 1.82) is 0 Å². The van der Waals surface area contributed by atoms with E-state index in [-0.39, 0.29) is 5.97 Å². The zero-order valence-electron chi connectivity index (χ0n) is 8.44. The third-order valence-corrected chi connectivity index (χ3v) is 3.55. The average Bonchev–Trinajstić information content (AvgIpc) is 2.76. The molecule has 0 saturated carbocycles. The molecule has 0 unspecified atom stereocenters. The lowest BCUT2D eigenvalue weighted by molar-refractivity contribution is -0.137. The Kier molecular flexibility index (Phi) is 1.19. The number of fused-ring (bicyclic) bond motifs is 3. The summed E-state index contributed by atoms with van der Waals surface area (Å²) in [6, 6.07) is 7.64. The molecule has 2 aliphatic carbocycles. The van der Waals surface area contributed by atoms with E-state index < -0.39 is 5.41 Å². The summed E-state index contributed by atoms with van der Waals surface area (Å²) in [4.78, 5) is 12.3. The smallest absolute Gasteiger partial charge is 0.331 e. The molecule has 4 bridgehead atoms. The van der Waals surface area contributed by atoms with Crippen LogP contribution in [0.2, 0.25) is 0 Å². The Bertz CT molecular complexity index is 578. The van der Waals surface area contributed by atoms with Gasteiger partial charge in [-0.1, -0.05) is 36.4 Å². The summed E-state index contributed by atoms with van der Waals surface area (Å²) in [7, 11) is 0. The van der Waals surface area contributed by atoms with Crippen LogP contribution in [0, 0.1) is 0 Å². The van der Waals surface area contributed by atoms with E-state index in [1.165, 1.54) is 0 Å². The van der Waals surface area contributed by atoms with Crippen molar-refractivity contribution in [3.05, 3.63) is 65.3 Å². The Balaban J connectivity index is 2.08. The van der Waals surface area contributed by atoms with Crippen molar-refractivity contribution in [2.45, 2.75) is 5.41 Å². The first-order valence-electron chi connectivity index (χ1n) is 5.26. The van der Waals surface area contributed by atoms with Gasteiger partial charge in [-0.3, -0.25) is 0 Å². The quantitative estimate of drug-likeness (QED) is 0.483. The fraction of sp³-hybridized carbons (Fsp3) is 0.0714. The van der Waals surface area contributed by atoms with Gasteiger partial charge in [-0.25, -0.2) is 4.79 Å². The zero-order valence-corrected chi connectivity index (χ0v) is 8.44. The molecule has 5 rings (SSSR count). The second-order valence-electron chi connectivity index (χ2n) is 4.24. The van der Waals surface area contributed by atoms with Crippen LogP contribution in [0.3, 0.4) is 0 Å². The minimum absolute atomic E-state index is 0.187. The van der Waals surface area contributed by atoms with Crippen LogP contribution in [-0.4, -0.2) is 5.97 Å². The molecule has 0 radical (unpaired) electrons. The maximum atomic E-state index is 12.3. The van der Waals surface area contributed by atoms with Crippen LogP contribution < -0.4 is 4.74 Å². The summed E-state index contributed by atoms with van der Waals surface area (Å²) in [6.07, 6.45) is 7.98. The van der Waals surface area contributed by atoms with Crippen LogP contribution >= 0.6 is 0 Å². The van der Waals surface area contributed by atoms with Gasteiger partial charge < -0.3 is 4.74 Å². The van der Waals surface area contributed by atoms with Crippen LogP contribution in [0.1, 0.15) is 5.56 Å². The van der Waals surface area contributed by atoms with E-state index in [4.69, 9.17) is 4.74 Å². The molecule has 0 N–H and O–H groups in total. The monoisotopic (exact) mass is 208 g/mol. The van der Waals surface area contributed by atoms with Gasteiger partial charge in [-0.05, 0) is 28.8 Å². The summed E-state index contributed by atoms with van der Waals surface area (Å²) in [6.45, 7) is 0. The highest BCUT2D eigenvalue weighted by Gasteiger charge is 2.52. The summed E-state index contributed by atoms with van der Waals surface area (Å²) >= 11 is 0. The lowest BCUT2D eigenvalue weighted by Gasteiger charge is -2.25. The zero-order chi connectivity index (χ0) is 10.8. The number of rotatable bonds is 0. The van der Waals surface area contributed by atoms with Crippen molar-refractivity contribution in [2.24, 2.45) is 0 Å². The molecule has 76 valence electrons. The van der Waals surface area contributed by atoms with Gasteiger partial charge in [0, 0.05) is 0 Å². The Hall–Kier alpha value is -2.09. The van der Waals surface area contributed by atoms with E-state index in [1.54, 1.807) is 0 Å². The van der Waals surface area contributed by atoms with Gasteiger partial charge in [0.05, 0.1) is 0 Å². The SMILES string of the molecule is O=C1Oc2ccc(cc2)C12C1=CC=C2C=C1. The number of carbonyl (C=O) groups excluding carboxylic acids is 1. The first-order chi connectivity index (χ1) is 7.81. The fourth-order valence-electron chi connectivity index (χ4n) is 2.78. The molecule has 0 aromatic heterocycles. The summed E-state index contributed by atoms with van der Waals surface area (Å²) in [5, 5.41) is 0. The molecule has 1 spiro atoms. The van der Waals surface area contributed by atoms with Crippen LogP contribution in [0.25, 0.3) is 0 Å². The van der Waals surface area contributed by atoms with Gasteiger partial charge in [0.25, 0.3) is 0 Å². The van der Waals surface area contributed by atoms with Crippen LogP contribution in [-0.2, 0) is 10.2 Å². The molecule has 1 aromatic carbocycles. The first kappa shape index (κ1) is 8.11. The number of hydrogen-bond acceptors (Lipinski definition) is 2. The lowest BCUT2D eigenvalue weighted by Crippen LogP contribution is -2.37. The molecule has 2 aliphatic heterocycles. The molecular weight excluding hydrogens is 200 g/mol. The fourth-order valence-corrected chi connectivity index (χ4v) is 2.78. The minimum atomic E-state index is -0.675. The van der Waals surface area contributed by atoms with Crippen molar-refractivity contribution in [2.75, 3.05) is 0 Å². The van der Waals surface area contributed by atoms with Crippen LogP contribution in [0.4, 0.5) is 0 Å². The molecule has 0 saturated heterocycles. The minimum Gasteiger partial charge on any atom is -0.425 e. The van der Waals surface area contributed by atoms with Crippen molar-refractivity contribution in [3.63, 3.8) is 0 Å². The largest absolute Gasteiger partial charge is 0.425 e. The van der Waals surface area contributed by atoms with Gasteiger partial charge in [-0.2, -0.15) is 0 Å². The van der Waals surface area contributed by atoms with Gasteiger partial charge in [0.15, 0.2) is 0 Å². The number of benzene rings is 1. The summed E-state index contributed by atoms with van der Waals surface area (Å²) in [5.41, 5.74) is 2.35. The van der Waals surface area contributed by atoms with E-state index in [1.807, 2.05) is 48.6 Å². The Morgan fingerprint density at radius 1 is 0.938 bits per heavy atom. The Labute approximate surface area is 92.5 Å². The third kappa shape index (κ3) is 0.673. The molecule has 1 aromatic rings. The van der Waals surface area contributed by atoms with Gasteiger partial charge >= 0.3 is 5.97 Å². The Morgan fingerprint density at radius 3 is 2.12 bits per heavy atom. The molecule has 0 fully saturated rings. The normalized spacial score (nSPS) is 22.1. The molecule has 4 aliphatic rings. The average molecular weight is 208 g/mol. The first-order valence-corrected chi connectivity index (χ1v) is 5.26. The van der Waals surface area contributed by atoms with Gasteiger partial charge in [-0.15, -0.1) is 0 Å². The Morgan fingerprint density at radius 2 is 1.56 bits per heavy atom. The molecule has 2 nitrogen and oxygen atoms in total.